The highest BCUT2D eigenvalue weighted by atomic mass is 32.1. The number of fused-ring (bicyclic) bond motifs is 1. The molecule has 2 aromatic carbocycles. The van der Waals surface area contributed by atoms with Crippen LogP contribution in [0.5, 0.6) is 5.75 Å². The van der Waals surface area contributed by atoms with E-state index in [0.29, 0.717) is 47.0 Å². The van der Waals surface area contributed by atoms with Crippen molar-refractivity contribution in [1.82, 2.24) is 9.88 Å². The number of carbonyl (C=O) groups excluding carboxylic acids is 1. The van der Waals surface area contributed by atoms with Gasteiger partial charge in [-0.1, -0.05) is 12.1 Å². The molecule has 0 spiro atoms. The molecule has 0 bridgehead atoms. The topological polar surface area (TPSA) is 104 Å². The van der Waals surface area contributed by atoms with E-state index in [9.17, 15) is 14.7 Å². The van der Waals surface area contributed by atoms with Crippen LogP contribution in [0.2, 0.25) is 0 Å². The van der Waals surface area contributed by atoms with E-state index in [-0.39, 0.29) is 18.7 Å². The number of ether oxygens (including phenoxy) is 2. The van der Waals surface area contributed by atoms with Gasteiger partial charge in [0.1, 0.15) is 5.75 Å². The van der Waals surface area contributed by atoms with Crippen molar-refractivity contribution in [1.29, 1.82) is 0 Å². The predicted octanol–water partition coefficient (Wildman–Crippen LogP) is 3.29. The second kappa shape index (κ2) is 11.4. The second-order valence-corrected chi connectivity index (χ2v) is 7.66. The van der Waals surface area contributed by atoms with E-state index in [0.717, 1.165) is 11.1 Å². The van der Waals surface area contributed by atoms with Crippen molar-refractivity contribution < 1.29 is 19.4 Å². The Labute approximate surface area is 197 Å². The fourth-order valence-electron chi connectivity index (χ4n) is 3.40. The van der Waals surface area contributed by atoms with E-state index in [2.05, 4.69) is 10.3 Å². The molecule has 0 saturated heterocycles. The Bertz CT molecular complexity index is 1190. The first-order valence-electron chi connectivity index (χ1n) is 10.6. The van der Waals surface area contributed by atoms with E-state index in [1.165, 1.54) is 7.11 Å². The summed E-state index contributed by atoms with van der Waals surface area (Å²) in [5.41, 5.74) is 1.84. The van der Waals surface area contributed by atoms with Crippen LogP contribution in [0.15, 0.2) is 53.3 Å². The van der Waals surface area contributed by atoms with Crippen LogP contribution < -0.4 is 15.6 Å². The minimum atomic E-state index is -0.487. The number of aliphatic hydroxyl groups is 1. The van der Waals surface area contributed by atoms with Gasteiger partial charge in [0.2, 0.25) is 0 Å². The number of aromatic amines is 1. The average Bonchev–Trinajstić information content (AvgIpc) is 2.82. The van der Waals surface area contributed by atoms with Crippen LogP contribution in [0, 0.1) is 0 Å². The van der Waals surface area contributed by atoms with Crippen molar-refractivity contribution >= 4 is 39.9 Å². The SMILES string of the molecule is CCOc1ccc2[nH]c(=O)c(CN(CCCO)C(=S)Nc3ccccc3C(=O)OC)cc2c1. The first-order chi connectivity index (χ1) is 16.0. The lowest BCUT2D eigenvalue weighted by atomic mass is 10.1. The third-order valence-corrected chi connectivity index (χ3v) is 5.37. The van der Waals surface area contributed by atoms with Gasteiger partial charge in [-0.15, -0.1) is 0 Å². The van der Waals surface area contributed by atoms with Crippen LogP contribution in [0.3, 0.4) is 0 Å². The molecule has 0 atom stereocenters. The molecule has 1 heterocycles. The number of aromatic nitrogens is 1. The lowest BCUT2D eigenvalue weighted by Crippen LogP contribution is -2.37. The Morgan fingerprint density at radius 3 is 2.73 bits per heavy atom. The minimum absolute atomic E-state index is 0.0242. The van der Waals surface area contributed by atoms with Crippen molar-refractivity contribution in [3.05, 3.63) is 70.0 Å². The molecule has 0 amide bonds. The summed E-state index contributed by atoms with van der Waals surface area (Å²) in [6.07, 6.45) is 0.459. The molecular weight excluding hydrogens is 442 g/mol. The fraction of sp³-hybridized carbons (Fsp3) is 0.292. The van der Waals surface area contributed by atoms with Gasteiger partial charge in [0.25, 0.3) is 5.56 Å². The number of aliphatic hydroxyl groups excluding tert-OH is 1. The van der Waals surface area contributed by atoms with Gasteiger partial charge in [-0.3, -0.25) is 4.79 Å². The maximum Gasteiger partial charge on any atom is 0.339 e. The summed E-state index contributed by atoms with van der Waals surface area (Å²) >= 11 is 5.60. The van der Waals surface area contributed by atoms with Gasteiger partial charge >= 0.3 is 5.97 Å². The van der Waals surface area contributed by atoms with Crippen LogP contribution in [0.25, 0.3) is 10.9 Å². The quantitative estimate of drug-likeness (QED) is 0.324. The molecule has 0 saturated carbocycles. The van der Waals surface area contributed by atoms with Crippen LogP contribution >= 0.6 is 12.2 Å². The van der Waals surface area contributed by atoms with E-state index in [1.54, 1.807) is 29.2 Å². The first-order valence-corrected chi connectivity index (χ1v) is 11.0. The average molecular weight is 470 g/mol. The predicted molar refractivity (Wildman–Crippen MR) is 132 cm³/mol. The number of methoxy groups -OCH3 is 1. The molecule has 174 valence electrons. The zero-order chi connectivity index (χ0) is 23.8. The van der Waals surface area contributed by atoms with Gasteiger partial charge in [-0.05, 0) is 62.0 Å². The molecule has 3 aromatic rings. The van der Waals surface area contributed by atoms with Gasteiger partial charge in [0, 0.05) is 29.6 Å². The number of hydrogen-bond acceptors (Lipinski definition) is 6. The number of nitrogens with one attached hydrogen (secondary N) is 2. The molecular formula is C24H27N3O5S. The van der Waals surface area contributed by atoms with Crippen molar-refractivity contribution in [3.8, 4) is 5.75 Å². The molecule has 0 aliphatic heterocycles. The number of para-hydroxylation sites is 1. The fourth-order valence-corrected chi connectivity index (χ4v) is 3.66. The molecule has 0 fully saturated rings. The maximum atomic E-state index is 12.7. The van der Waals surface area contributed by atoms with Gasteiger partial charge in [-0.2, -0.15) is 0 Å². The molecule has 1 aromatic heterocycles. The highest BCUT2D eigenvalue weighted by molar-refractivity contribution is 7.80. The summed E-state index contributed by atoms with van der Waals surface area (Å²) < 4.78 is 10.4. The summed E-state index contributed by atoms with van der Waals surface area (Å²) in [4.78, 5) is 29.5. The zero-order valence-corrected chi connectivity index (χ0v) is 19.4. The highest BCUT2D eigenvalue weighted by Crippen LogP contribution is 2.21. The number of esters is 1. The summed E-state index contributed by atoms with van der Waals surface area (Å²) in [5.74, 6) is 0.232. The van der Waals surface area contributed by atoms with Gasteiger partial charge in [-0.25, -0.2) is 4.79 Å². The molecule has 3 N–H and O–H groups in total. The summed E-state index contributed by atoms with van der Waals surface area (Å²) in [6, 6.07) is 14.2. The van der Waals surface area contributed by atoms with Crippen molar-refractivity contribution in [2.45, 2.75) is 19.9 Å². The number of pyridine rings is 1. The molecule has 0 radical (unpaired) electrons. The van der Waals surface area contributed by atoms with Crippen LogP contribution in [-0.2, 0) is 11.3 Å². The van der Waals surface area contributed by atoms with Gasteiger partial charge < -0.3 is 29.8 Å². The van der Waals surface area contributed by atoms with Gasteiger partial charge in [0.05, 0.1) is 31.5 Å². The zero-order valence-electron chi connectivity index (χ0n) is 18.6. The molecule has 0 aliphatic carbocycles. The number of nitrogens with zero attached hydrogens (tertiary/aromatic N) is 1. The molecule has 8 nitrogen and oxygen atoms in total. The standard InChI is InChI=1S/C24H27N3O5S/c1-3-32-18-9-10-20-16(14-18)13-17(22(29)25-20)15-27(11-6-12-28)24(33)26-21-8-5-4-7-19(21)23(30)31-2/h4-5,7-10,13-14,28H,3,6,11-12,15H2,1-2H3,(H,25,29)(H,26,33). The third kappa shape index (κ3) is 6.09. The number of rotatable bonds is 9. The van der Waals surface area contributed by atoms with E-state index in [4.69, 9.17) is 21.7 Å². The number of carbonyl (C=O) groups is 1. The number of hydrogen-bond donors (Lipinski definition) is 3. The Balaban J connectivity index is 1.88. The lowest BCUT2D eigenvalue weighted by Gasteiger charge is -2.26. The van der Waals surface area contributed by atoms with E-state index >= 15 is 0 Å². The monoisotopic (exact) mass is 469 g/mol. The largest absolute Gasteiger partial charge is 0.494 e. The Kier molecular flexibility index (Phi) is 8.39. The first kappa shape index (κ1) is 24.2. The number of anilines is 1. The summed E-state index contributed by atoms with van der Waals surface area (Å²) in [6.45, 7) is 3.07. The Morgan fingerprint density at radius 1 is 1.21 bits per heavy atom. The molecule has 0 aliphatic rings. The lowest BCUT2D eigenvalue weighted by molar-refractivity contribution is 0.0602. The molecule has 0 unspecified atom stereocenters. The number of benzene rings is 2. The van der Waals surface area contributed by atoms with E-state index < -0.39 is 5.97 Å². The normalized spacial score (nSPS) is 10.6. The van der Waals surface area contributed by atoms with Crippen LogP contribution in [0.4, 0.5) is 5.69 Å². The minimum Gasteiger partial charge on any atom is -0.494 e. The van der Waals surface area contributed by atoms with Crippen molar-refractivity contribution in [2.24, 2.45) is 0 Å². The second-order valence-electron chi connectivity index (χ2n) is 7.27. The van der Waals surface area contributed by atoms with E-state index in [1.807, 2.05) is 31.2 Å². The summed E-state index contributed by atoms with van der Waals surface area (Å²) in [7, 11) is 1.31. The molecule has 3 rings (SSSR count). The summed E-state index contributed by atoms with van der Waals surface area (Å²) in [5, 5.41) is 13.6. The van der Waals surface area contributed by atoms with Crippen molar-refractivity contribution in [2.75, 3.05) is 32.2 Å². The maximum absolute atomic E-state index is 12.7. The molecule has 9 heteroatoms. The highest BCUT2D eigenvalue weighted by Gasteiger charge is 2.17. The number of thiocarbonyl (C=S) groups is 1. The van der Waals surface area contributed by atoms with Crippen LogP contribution in [-0.4, -0.2) is 52.9 Å². The van der Waals surface area contributed by atoms with Crippen LogP contribution in [0.1, 0.15) is 29.3 Å². The van der Waals surface area contributed by atoms with Crippen molar-refractivity contribution in [3.63, 3.8) is 0 Å². The number of H-pyrrole nitrogens is 1. The molecule has 33 heavy (non-hydrogen) atoms. The Hall–Kier alpha value is -3.43. The third-order valence-electron chi connectivity index (χ3n) is 5.01. The smallest absolute Gasteiger partial charge is 0.339 e. The van der Waals surface area contributed by atoms with Gasteiger partial charge in [0.15, 0.2) is 5.11 Å². The Morgan fingerprint density at radius 2 is 2.00 bits per heavy atom.